The molecule has 0 saturated carbocycles. The van der Waals surface area contributed by atoms with Gasteiger partial charge in [-0.25, -0.2) is 0 Å². The van der Waals surface area contributed by atoms with Crippen molar-refractivity contribution < 1.29 is 4.79 Å². The summed E-state index contributed by atoms with van der Waals surface area (Å²) in [6.07, 6.45) is 2.15. The van der Waals surface area contributed by atoms with Crippen LogP contribution < -0.4 is 5.32 Å². The second-order valence-electron chi connectivity index (χ2n) is 5.23. The molecule has 1 aromatic carbocycles. The normalized spacial score (nSPS) is 16.3. The van der Waals surface area contributed by atoms with Gasteiger partial charge >= 0.3 is 0 Å². The third-order valence-electron chi connectivity index (χ3n) is 3.83. The van der Waals surface area contributed by atoms with Crippen LogP contribution in [0, 0.1) is 6.92 Å². The number of para-hydroxylation sites is 1. The van der Waals surface area contributed by atoms with Gasteiger partial charge in [0, 0.05) is 38.3 Å². The molecule has 1 aliphatic heterocycles. The number of rotatable bonds is 2. The number of aryl methyl sites for hydroxylation is 2. The van der Waals surface area contributed by atoms with Crippen LogP contribution in [0.25, 0.3) is 10.9 Å². The Morgan fingerprint density at radius 2 is 2.21 bits per heavy atom. The Labute approximate surface area is 113 Å². The summed E-state index contributed by atoms with van der Waals surface area (Å²) in [6.45, 7) is 4.98. The molecule has 0 unspecified atom stereocenters. The molecule has 2 heterocycles. The van der Waals surface area contributed by atoms with Crippen molar-refractivity contribution in [2.45, 2.75) is 13.5 Å². The molecule has 2 aromatic rings. The molecule has 1 N–H and O–H groups in total. The van der Waals surface area contributed by atoms with E-state index in [0.717, 1.165) is 13.1 Å². The lowest BCUT2D eigenvalue weighted by Gasteiger charge is -2.27. The van der Waals surface area contributed by atoms with E-state index < -0.39 is 0 Å². The molecule has 4 nitrogen and oxygen atoms in total. The number of fused-ring (bicyclic) bond motifs is 1. The molecular weight excluding hydrogens is 238 g/mol. The molecule has 0 spiro atoms. The van der Waals surface area contributed by atoms with E-state index in [1.165, 1.54) is 22.0 Å². The fourth-order valence-corrected chi connectivity index (χ4v) is 2.90. The minimum absolute atomic E-state index is 0.191. The van der Waals surface area contributed by atoms with Crippen LogP contribution in [0.4, 0.5) is 0 Å². The molecule has 1 fully saturated rings. The van der Waals surface area contributed by atoms with E-state index in [9.17, 15) is 4.79 Å². The molecule has 1 aliphatic rings. The number of carbonyl (C=O) groups is 1. The first kappa shape index (κ1) is 12.2. The molecule has 0 radical (unpaired) electrons. The van der Waals surface area contributed by atoms with Crippen LogP contribution in [-0.4, -0.2) is 35.0 Å². The zero-order chi connectivity index (χ0) is 13.4. The molecule has 1 amide bonds. The minimum Gasteiger partial charge on any atom is -0.350 e. The Hall–Kier alpha value is -1.81. The second kappa shape index (κ2) is 4.70. The van der Waals surface area contributed by atoms with Crippen molar-refractivity contribution in [1.29, 1.82) is 0 Å². The first-order valence-electron chi connectivity index (χ1n) is 6.69. The Kier molecular flexibility index (Phi) is 3.03. The average Bonchev–Trinajstić information content (AvgIpc) is 2.71. The van der Waals surface area contributed by atoms with Crippen LogP contribution >= 0.6 is 0 Å². The van der Waals surface area contributed by atoms with Crippen LogP contribution in [-0.2, 0) is 18.4 Å². The Bertz CT molecular complexity index is 630. The molecule has 1 aromatic heterocycles. The van der Waals surface area contributed by atoms with Crippen LogP contribution in [0.3, 0.4) is 0 Å². The van der Waals surface area contributed by atoms with Gasteiger partial charge in [-0.1, -0.05) is 18.2 Å². The van der Waals surface area contributed by atoms with Crippen LogP contribution in [0.15, 0.2) is 24.4 Å². The number of hydrogen-bond donors (Lipinski definition) is 1. The van der Waals surface area contributed by atoms with Gasteiger partial charge in [-0.15, -0.1) is 0 Å². The van der Waals surface area contributed by atoms with Crippen LogP contribution in [0.2, 0.25) is 0 Å². The van der Waals surface area contributed by atoms with Crippen molar-refractivity contribution in [3.8, 4) is 0 Å². The van der Waals surface area contributed by atoms with Gasteiger partial charge in [0.15, 0.2) is 0 Å². The third-order valence-corrected chi connectivity index (χ3v) is 3.83. The number of hydrogen-bond acceptors (Lipinski definition) is 2. The highest BCUT2D eigenvalue weighted by Crippen LogP contribution is 2.24. The van der Waals surface area contributed by atoms with Crippen LogP contribution in [0.1, 0.15) is 11.1 Å². The van der Waals surface area contributed by atoms with E-state index in [1.807, 2.05) is 4.90 Å². The SMILES string of the molecule is Cc1cccc2c(CN3CCNCC3=O)cn(C)c12. The van der Waals surface area contributed by atoms with Gasteiger partial charge in [0.25, 0.3) is 0 Å². The predicted octanol–water partition coefficient (Wildman–Crippen LogP) is 1.42. The van der Waals surface area contributed by atoms with Crippen molar-refractivity contribution >= 4 is 16.8 Å². The van der Waals surface area contributed by atoms with E-state index in [4.69, 9.17) is 0 Å². The van der Waals surface area contributed by atoms with E-state index in [-0.39, 0.29) is 5.91 Å². The quantitative estimate of drug-likeness (QED) is 0.883. The molecule has 0 atom stereocenters. The monoisotopic (exact) mass is 257 g/mol. The predicted molar refractivity (Wildman–Crippen MR) is 75.9 cm³/mol. The smallest absolute Gasteiger partial charge is 0.236 e. The van der Waals surface area contributed by atoms with Crippen molar-refractivity contribution in [3.05, 3.63) is 35.5 Å². The summed E-state index contributed by atoms with van der Waals surface area (Å²) in [7, 11) is 2.07. The minimum atomic E-state index is 0.191. The maximum Gasteiger partial charge on any atom is 0.236 e. The summed E-state index contributed by atoms with van der Waals surface area (Å²) in [6, 6.07) is 6.35. The van der Waals surface area contributed by atoms with E-state index >= 15 is 0 Å². The van der Waals surface area contributed by atoms with Gasteiger partial charge in [-0.05, 0) is 18.1 Å². The number of nitrogens with one attached hydrogen (secondary N) is 1. The van der Waals surface area contributed by atoms with Crippen LogP contribution in [0.5, 0.6) is 0 Å². The third kappa shape index (κ3) is 2.12. The molecule has 0 aliphatic carbocycles. The fraction of sp³-hybridized carbons (Fsp3) is 0.400. The Balaban J connectivity index is 1.97. The highest BCUT2D eigenvalue weighted by atomic mass is 16.2. The molecule has 3 rings (SSSR count). The van der Waals surface area contributed by atoms with Crippen molar-refractivity contribution in [2.24, 2.45) is 7.05 Å². The molecular formula is C15H19N3O. The van der Waals surface area contributed by atoms with Gasteiger partial charge in [-0.3, -0.25) is 4.79 Å². The van der Waals surface area contributed by atoms with Gasteiger partial charge in [0.05, 0.1) is 12.1 Å². The molecule has 1 saturated heterocycles. The van der Waals surface area contributed by atoms with E-state index in [1.54, 1.807) is 0 Å². The maximum atomic E-state index is 11.9. The molecule has 4 heteroatoms. The zero-order valence-electron chi connectivity index (χ0n) is 11.4. The van der Waals surface area contributed by atoms with Gasteiger partial charge in [-0.2, -0.15) is 0 Å². The lowest BCUT2D eigenvalue weighted by Crippen LogP contribution is -2.47. The number of carbonyl (C=O) groups excluding carboxylic acids is 1. The van der Waals surface area contributed by atoms with E-state index in [2.05, 4.69) is 48.3 Å². The largest absolute Gasteiger partial charge is 0.350 e. The highest BCUT2D eigenvalue weighted by Gasteiger charge is 2.19. The first-order valence-corrected chi connectivity index (χ1v) is 6.69. The summed E-state index contributed by atoms with van der Waals surface area (Å²) in [4.78, 5) is 13.8. The Morgan fingerprint density at radius 1 is 1.37 bits per heavy atom. The summed E-state index contributed by atoms with van der Waals surface area (Å²) in [5.74, 6) is 0.191. The van der Waals surface area contributed by atoms with Gasteiger partial charge < -0.3 is 14.8 Å². The molecule has 100 valence electrons. The van der Waals surface area contributed by atoms with Gasteiger partial charge in [0.1, 0.15) is 0 Å². The maximum absolute atomic E-state index is 11.9. The molecule has 19 heavy (non-hydrogen) atoms. The van der Waals surface area contributed by atoms with Crippen molar-refractivity contribution in [2.75, 3.05) is 19.6 Å². The van der Waals surface area contributed by atoms with E-state index in [0.29, 0.717) is 13.1 Å². The fourth-order valence-electron chi connectivity index (χ4n) is 2.90. The average molecular weight is 257 g/mol. The van der Waals surface area contributed by atoms with Gasteiger partial charge in [0.2, 0.25) is 5.91 Å². The number of amides is 1. The summed E-state index contributed by atoms with van der Waals surface area (Å²) >= 11 is 0. The number of aromatic nitrogens is 1. The lowest BCUT2D eigenvalue weighted by atomic mass is 10.1. The summed E-state index contributed by atoms with van der Waals surface area (Å²) < 4.78 is 2.16. The van der Waals surface area contributed by atoms with Crippen molar-refractivity contribution in [1.82, 2.24) is 14.8 Å². The Morgan fingerprint density at radius 3 is 3.00 bits per heavy atom. The highest BCUT2D eigenvalue weighted by molar-refractivity contribution is 5.87. The number of benzene rings is 1. The first-order chi connectivity index (χ1) is 9.16. The zero-order valence-corrected chi connectivity index (χ0v) is 11.4. The second-order valence-corrected chi connectivity index (χ2v) is 5.23. The lowest BCUT2D eigenvalue weighted by molar-refractivity contribution is -0.132. The summed E-state index contributed by atoms with van der Waals surface area (Å²) in [5, 5.41) is 4.36. The van der Waals surface area contributed by atoms with Crippen molar-refractivity contribution in [3.63, 3.8) is 0 Å². The summed E-state index contributed by atoms with van der Waals surface area (Å²) in [5.41, 5.74) is 3.77. The molecule has 0 bridgehead atoms. The number of nitrogens with zero attached hydrogens (tertiary/aromatic N) is 2. The topological polar surface area (TPSA) is 37.3 Å². The number of piperazine rings is 1. The standard InChI is InChI=1S/C15H19N3O/c1-11-4-3-5-13-12(9-17(2)15(11)13)10-18-7-6-16-8-14(18)19/h3-5,9,16H,6-8,10H2,1-2H3.